The molecule has 1 aliphatic rings. The molecule has 1 aliphatic carbocycles. The van der Waals surface area contributed by atoms with E-state index in [9.17, 15) is 25.9 Å². The Hall–Kier alpha value is -3.32. The minimum Gasteiger partial charge on any atom is -0.744 e. The van der Waals surface area contributed by atoms with Crippen molar-refractivity contribution in [2.75, 3.05) is 18.0 Å². The maximum Gasteiger partial charge on any atom is 1.00 e. The van der Waals surface area contributed by atoms with Crippen LogP contribution in [0.5, 0.6) is 0 Å². The number of allylic oxidation sites excluding steroid dienone is 5. The van der Waals surface area contributed by atoms with Crippen molar-refractivity contribution >= 4 is 48.8 Å². The molecule has 0 saturated carbocycles. The van der Waals surface area contributed by atoms with Crippen LogP contribution in [0.3, 0.4) is 0 Å². The molecule has 5 rings (SSSR count). The molecule has 0 amide bonds. The molecule has 0 saturated heterocycles. The monoisotopic (exact) mass is 752 g/mol. The third-order valence-corrected chi connectivity index (χ3v) is 10.6. The fourth-order valence-electron chi connectivity index (χ4n) is 6.13. The molecule has 0 atom stereocenters. The third kappa shape index (κ3) is 9.97. The van der Waals surface area contributed by atoms with Crippen LogP contribution in [0, 0.1) is 6.92 Å². The van der Waals surface area contributed by atoms with E-state index in [2.05, 4.69) is 59.8 Å². The standard InChI is InChI=1S/C39H39ClN2O6S2.Na/c1-5-41(25-29-9-7-11-35(23-29)49(43,44)45)33-17-19-37(27(3)21-33)39(31-13-15-32(40)16-14-31)38-20-18-34(22-28(38)4)42(6-2)26-30-10-8-12-36(24-30)50(46,47)48;/h7-24H,5-6,25-26H2,1-4H3,(H-,43,44,45,46,47,48);/q;+1/p-1. The number of rotatable bonds is 11. The number of hydrogen-bond donors (Lipinski definition) is 0. The Kier molecular flexibility index (Phi) is 13.5. The zero-order valence-electron chi connectivity index (χ0n) is 29.3. The van der Waals surface area contributed by atoms with Crippen LogP contribution >= 0.6 is 11.6 Å². The van der Waals surface area contributed by atoms with Crippen LogP contribution in [-0.2, 0) is 33.3 Å². The molecule has 0 N–H and O–H groups in total. The summed E-state index contributed by atoms with van der Waals surface area (Å²) >= 11 is 6.29. The Morgan fingerprint density at radius 2 is 1.39 bits per heavy atom. The number of halogens is 1. The van der Waals surface area contributed by atoms with E-state index in [0.717, 1.165) is 55.9 Å². The number of aryl methyl sites for hydroxylation is 1. The van der Waals surface area contributed by atoms with Gasteiger partial charge in [-0.05, 0) is 121 Å². The molecule has 0 bridgehead atoms. The van der Waals surface area contributed by atoms with Gasteiger partial charge in [-0.1, -0.05) is 54.1 Å². The zero-order chi connectivity index (χ0) is 36.2. The molecule has 8 nitrogen and oxygen atoms in total. The van der Waals surface area contributed by atoms with Crippen LogP contribution in [0.25, 0.3) is 5.57 Å². The molecule has 0 heterocycles. The van der Waals surface area contributed by atoms with Crippen molar-refractivity contribution in [2.45, 2.75) is 50.6 Å². The van der Waals surface area contributed by atoms with E-state index in [-0.39, 0.29) is 39.3 Å². The van der Waals surface area contributed by atoms with E-state index in [0.29, 0.717) is 31.2 Å². The molecule has 0 unspecified atom stereocenters. The van der Waals surface area contributed by atoms with Gasteiger partial charge in [0.25, 0.3) is 0 Å². The van der Waals surface area contributed by atoms with Crippen molar-refractivity contribution in [3.63, 3.8) is 0 Å². The Bertz CT molecular complexity index is 2280. The summed E-state index contributed by atoms with van der Waals surface area (Å²) in [6, 6.07) is 26.3. The molecule has 51 heavy (non-hydrogen) atoms. The van der Waals surface area contributed by atoms with Gasteiger partial charge in [0.2, 0.25) is 0 Å². The van der Waals surface area contributed by atoms with Gasteiger partial charge in [-0.2, -0.15) is 0 Å². The summed E-state index contributed by atoms with van der Waals surface area (Å²) in [7, 11) is -9.11. The molecular formula is C39H38ClN2NaO6S2. The van der Waals surface area contributed by atoms with Crippen molar-refractivity contribution < 1.29 is 60.1 Å². The van der Waals surface area contributed by atoms with Crippen LogP contribution in [0.15, 0.2) is 130 Å². The summed E-state index contributed by atoms with van der Waals surface area (Å²) in [6.45, 7) is 10.3. The van der Waals surface area contributed by atoms with Crippen molar-refractivity contribution in [3.05, 3.63) is 153 Å². The second kappa shape index (κ2) is 17.0. The molecule has 0 aliphatic heterocycles. The maximum absolute atomic E-state index is 11.6. The number of nitrogens with zero attached hydrogens (tertiary/aromatic N) is 2. The minimum atomic E-state index is -4.56. The Morgan fingerprint density at radius 3 is 1.94 bits per heavy atom. The quantitative estimate of drug-likeness (QED) is 0.126. The zero-order valence-corrected chi connectivity index (χ0v) is 33.6. The fourth-order valence-corrected chi connectivity index (χ4v) is 7.34. The first kappa shape index (κ1) is 40.5. The SMILES string of the molecule is CCN(Cc1cccc(S(=O)(=O)[O-])c1)c1ccc(/C(=C2\C=CC(=[N+](CC)Cc3cccc(S(=O)(=O)[O-])c3)C=C2C)c2ccc(Cl)cc2)c(C)c1.[Na+]. The van der Waals surface area contributed by atoms with Crippen LogP contribution in [0.2, 0.25) is 5.02 Å². The largest absolute Gasteiger partial charge is 1.00 e. The predicted octanol–water partition coefficient (Wildman–Crippen LogP) is 4.48. The van der Waals surface area contributed by atoms with Gasteiger partial charge in [0.05, 0.1) is 9.79 Å². The smallest absolute Gasteiger partial charge is 0.744 e. The van der Waals surface area contributed by atoms with Gasteiger partial charge in [-0.15, -0.1) is 0 Å². The van der Waals surface area contributed by atoms with Crippen molar-refractivity contribution in [1.82, 2.24) is 0 Å². The molecule has 4 aromatic rings. The van der Waals surface area contributed by atoms with Gasteiger partial charge in [0.1, 0.15) is 26.8 Å². The Morgan fingerprint density at radius 1 is 0.784 bits per heavy atom. The normalized spacial score (nSPS) is 15.2. The number of hydrogen-bond acceptors (Lipinski definition) is 7. The average Bonchev–Trinajstić information content (AvgIpc) is 3.08. The van der Waals surface area contributed by atoms with E-state index in [1.54, 1.807) is 12.1 Å². The van der Waals surface area contributed by atoms with E-state index in [1.807, 2.05) is 50.2 Å². The molecule has 12 heteroatoms. The summed E-state index contributed by atoms with van der Waals surface area (Å²) in [6.07, 6.45) is 6.26. The topological polar surface area (TPSA) is 121 Å². The van der Waals surface area contributed by atoms with Gasteiger partial charge in [0, 0.05) is 41.5 Å². The Labute approximate surface area is 328 Å². The minimum absolute atomic E-state index is 0. The molecule has 0 spiro atoms. The van der Waals surface area contributed by atoms with E-state index >= 15 is 0 Å². The second-order valence-electron chi connectivity index (χ2n) is 12.1. The third-order valence-electron chi connectivity index (χ3n) is 8.71. The first-order valence-electron chi connectivity index (χ1n) is 16.1. The van der Waals surface area contributed by atoms with Gasteiger partial charge < -0.3 is 14.0 Å². The summed E-state index contributed by atoms with van der Waals surface area (Å²) in [5, 5.41) is 0.632. The molecule has 0 radical (unpaired) electrons. The van der Waals surface area contributed by atoms with Crippen LogP contribution in [-0.4, -0.2) is 49.3 Å². The molecule has 260 valence electrons. The van der Waals surface area contributed by atoms with Crippen molar-refractivity contribution in [2.24, 2.45) is 0 Å². The van der Waals surface area contributed by atoms with E-state index in [1.165, 1.54) is 24.3 Å². The predicted molar refractivity (Wildman–Crippen MR) is 197 cm³/mol. The molecule has 4 aromatic carbocycles. The second-order valence-corrected chi connectivity index (χ2v) is 15.3. The van der Waals surface area contributed by atoms with Gasteiger partial charge >= 0.3 is 29.6 Å². The average molecular weight is 753 g/mol. The van der Waals surface area contributed by atoms with Gasteiger partial charge in [0.15, 0.2) is 12.3 Å². The Balaban J connectivity index is 0.00000583. The van der Waals surface area contributed by atoms with Crippen LogP contribution < -0.4 is 34.5 Å². The number of benzene rings is 4. The summed E-state index contributed by atoms with van der Waals surface area (Å²) in [5.41, 5.74) is 9.52. The van der Waals surface area contributed by atoms with E-state index in [4.69, 9.17) is 11.6 Å². The maximum atomic E-state index is 11.6. The van der Waals surface area contributed by atoms with Crippen molar-refractivity contribution in [1.29, 1.82) is 0 Å². The molecule has 0 aromatic heterocycles. The van der Waals surface area contributed by atoms with Crippen LogP contribution in [0.4, 0.5) is 5.69 Å². The number of anilines is 1. The fraction of sp³-hybridized carbons (Fsp3) is 0.205. The van der Waals surface area contributed by atoms with Gasteiger partial charge in [-0.25, -0.2) is 21.4 Å². The first-order chi connectivity index (χ1) is 23.7. The van der Waals surface area contributed by atoms with Gasteiger partial charge in [-0.3, -0.25) is 0 Å². The van der Waals surface area contributed by atoms with E-state index < -0.39 is 20.2 Å². The first-order valence-corrected chi connectivity index (χ1v) is 19.3. The van der Waals surface area contributed by atoms with Crippen LogP contribution in [0.1, 0.15) is 48.6 Å². The summed E-state index contributed by atoms with van der Waals surface area (Å²) in [5.74, 6) is 0. The van der Waals surface area contributed by atoms with Crippen molar-refractivity contribution in [3.8, 4) is 0 Å². The molecular weight excluding hydrogens is 715 g/mol. The summed E-state index contributed by atoms with van der Waals surface area (Å²) < 4.78 is 71.8. The summed E-state index contributed by atoms with van der Waals surface area (Å²) in [4.78, 5) is 1.64. The molecule has 0 fully saturated rings.